The molecule has 0 saturated carbocycles. The van der Waals surface area contributed by atoms with Crippen molar-refractivity contribution in [3.05, 3.63) is 27.5 Å². The smallest absolute Gasteiger partial charge is 0.135 e. The molecule has 0 spiro atoms. The van der Waals surface area contributed by atoms with Crippen LogP contribution in [0.4, 0.5) is 0 Å². The number of rotatable bonds is 3. The Morgan fingerprint density at radius 2 is 2.06 bits per heavy atom. The number of aromatic nitrogens is 1. The molecule has 100 valence electrons. The fraction of sp³-hybridized carbons (Fsp3) is 0.615. The number of nitrogens with zero attached hydrogens (tertiary/aromatic N) is 2. The summed E-state index contributed by atoms with van der Waals surface area (Å²) in [5, 5.41) is 1.24. The zero-order chi connectivity index (χ0) is 13.1. The summed E-state index contributed by atoms with van der Waals surface area (Å²) < 4.78 is 0. The second-order valence-corrected chi connectivity index (χ2v) is 5.74. The van der Waals surface area contributed by atoms with Crippen molar-refractivity contribution < 1.29 is 0 Å². The highest BCUT2D eigenvalue weighted by atomic mass is 35.5. The van der Waals surface area contributed by atoms with E-state index in [4.69, 9.17) is 28.9 Å². The van der Waals surface area contributed by atoms with Crippen LogP contribution in [-0.2, 0) is 6.54 Å². The number of pyridine rings is 1. The number of piperidine rings is 1. The maximum absolute atomic E-state index is 6.24. The molecule has 18 heavy (non-hydrogen) atoms. The lowest BCUT2D eigenvalue weighted by molar-refractivity contribution is 0.180. The summed E-state index contributed by atoms with van der Waals surface area (Å²) in [6.07, 6.45) is 2.32. The van der Waals surface area contributed by atoms with Gasteiger partial charge in [-0.3, -0.25) is 4.90 Å². The zero-order valence-electron chi connectivity index (χ0n) is 10.6. The van der Waals surface area contributed by atoms with Gasteiger partial charge < -0.3 is 5.73 Å². The van der Waals surface area contributed by atoms with Gasteiger partial charge in [-0.1, -0.05) is 23.2 Å². The summed E-state index contributed by atoms with van der Waals surface area (Å²) in [4.78, 5) is 6.64. The van der Waals surface area contributed by atoms with E-state index in [9.17, 15) is 0 Å². The molecule has 0 aromatic carbocycles. The van der Waals surface area contributed by atoms with E-state index in [1.165, 1.54) is 0 Å². The molecule has 1 fully saturated rings. The summed E-state index contributed by atoms with van der Waals surface area (Å²) >= 11 is 12.4. The lowest BCUT2D eigenvalue weighted by Gasteiger charge is -2.31. The van der Waals surface area contributed by atoms with E-state index in [1.54, 1.807) is 0 Å². The van der Waals surface area contributed by atoms with Crippen LogP contribution < -0.4 is 5.73 Å². The molecule has 1 aromatic heterocycles. The molecule has 2 heterocycles. The van der Waals surface area contributed by atoms with Crippen LogP contribution in [0, 0.1) is 12.8 Å². The topological polar surface area (TPSA) is 42.1 Å². The number of hydrogen-bond donors (Lipinski definition) is 1. The maximum Gasteiger partial charge on any atom is 0.135 e. The van der Waals surface area contributed by atoms with E-state index in [0.29, 0.717) is 16.1 Å². The molecule has 0 aliphatic carbocycles. The minimum absolute atomic E-state index is 0.529. The van der Waals surface area contributed by atoms with Gasteiger partial charge in [0.15, 0.2) is 0 Å². The molecular weight excluding hydrogens is 269 g/mol. The Kier molecular flexibility index (Phi) is 4.84. The van der Waals surface area contributed by atoms with Gasteiger partial charge in [-0.15, -0.1) is 0 Å². The monoisotopic (exact) mass is 287 g/mol. The normalized spacial score (nSPS) is 18.2. The Labute approximate surface area is 118 Å². The summed E-state index contributed by atoms with van der Waals surface area (Å²) in [6, 6.07) is 1.87. The van der Waals surface area contributed by atoms with Gasteiger partial charge in [0.2, 0.25) is 0 Å². The standard InChI is InChI=1S/C13H19Cl2N3/c1-9-6-12(14)11(13(15)17-9)8-18-4-2-10(7-16)3-5-18/h6,10H,2-5,7-8,16H2,1H3. The lowest BCUT2D eigenvalue weighted by atomic mass is 9.97. The fourth-order valence-corrected chi connectivity index (χ4v) is 3.02. The Bertz CT molecular complexity index is 392. The highest BCUT2D eigenvalue weighted by molar-refractivity contribution is 6.35. The van der Waals surface area contributed by atoms with Gasteiger partial charge >= 0.3 is 0 Å². The first-order valence-electron chi connectivity index (χ1n) is 6.34. The van der Waals surface area contributed by atoms with Crippen molar-refractivity contribution in [3.8, 4) is 0 Å². The third kappa shape index (κ3) is 3.35. The maximum atomic E-state index is 6.24. The lowest BCUT2D eigenvalue weighted by Crippen LogP contribution is -2.35. The van der Waals surface area contributed by atoms with E-state index in [-0.39, 0.29) is 0 Å². The third-order valence-corrected chi connectivity index (χ3v) is 4.22. The first-order chi connectivity index (χ1) is 8.60. The third-order valence-electron chi connectivity index (χ3n) is 3.57. The van der Waals surface area contributed by atoms with E-state index in [0.717, 1.165) is 50.3 Å². The largest absolute Gasteiger partial charge is 0.330 e. The number of halogens is 2. The second-order valence-electron chi connectivity index (χ2n) is 4.97. The zero-order valence-corrected chi connectivity index (χ0v) is 12.1. The van der Waals surface area contributed by atoms with Crippen molar-refractivity contribution in [1.29, 1.82) is 0 Å². The second kappa shape index (κ2) is 6.20. The van der Waals surface area contributed by atoms with Crippen LogP contribution in [0.5, 0.6) is 0 Å². The van der Waals surface area contributed by atoms with Gasteiger partial charge in [0.05, 0.1) is 0 Å². The van der Waals surface area contributed by atoms with Crippen molar-refractivity contribution in [2.45, 2.75) is 26.3 Å². The number of aryl methyl sites for hydroxylation is 1. The average molecular weight is 288 g/mol. The van der Waals surface area contributed by atoms with E-state index in [2.05, 4.69) is 9.88 Å². The molecule has 0 atom stereocenters. The molecule has 1 saturated heterocycles. The molecule has 0 amide bonds. The highest BCUT2D eigenvalue weighted by Gasteiger charge is 2.20. The summed E-state index contributed by atoms with van der Waals surface area (Å²) in [5.41, 5.74) is 7.49. The van der Waals surface area contributed by atoms with E-state index < -0.39 is 0 Å². The Morgan fingerprint density at radius 1 is 1.39 bits per heavy atom. The highest BCUT2D eigenvalue weighted by Crippen LogP contribution is 2.27. The van der Waals surface area contributed by atoms with Crippen molar-refractivity contribution in [3.63, 3.8) is 0 Å². The molecule has 0 bridgehead atoms. The Balaban J connectivity index is 2.02. The van der Waals surface area contributed by atoms with Crippen LogP contribution in [0.1, 0.15) is 24.1 Å². The van der Waals surface area contributed by atoms with Crippen LogP contribution in [0.3, 0.4) is 0 Å². The van der Waals surface area contributed by atoms with Gasteiger partial charge in [0, 0.05) is 22.8 Å². The minimum atomic E-state index is 0.529. The molecule has 2 N–H and O–H groups in total. The number of likely N-dealkylation sites (tertiary alicyclic amines) is 1. The molecule has 5 heteroatoms. The van der Waals surface area contributed by atoms with Crippen molar-refractivity contribution in [1.82, 2.24) is 9.88 Å². The summed E-state index contributed by atoms with van der Waals surface area (Å²) in [6.45, 7) is 5.59. The van der Waals surface area contributed by atoms with Gasteiger partial charge in [-0.05, 0) is 51.4 Å². The van der Waals surface area contributed by atoms with Crippen LogP contribution in [0.15, 0.2) is 6.07 Å². The first kappa shape index (κ1) is 14.1. The molecule has 0 unspecified atom stereocenters. The number of nitrogens with two attached hydrogens (primary N) is 1. The molecule has 1 aliphatic rings. The molecule has 1 aliphatic heterocycles. The van der Waals surface area contributed by atoms with Crippen LogP contribution in [-0.4, -0.2) is 29.5 Å². The van der Waals surface area contributed by atoms with Crippen molar-refractivity contribution >= 4 is 23.2 Å². The predicted molar refractivity (Wildman–Crippen MR) is 76.0 cm³/mol. The van der Waals surface area contributed by atoms with Gasteiger partial charge in [-0.25, -0.2) is 4.98 Å². The fourth-order valence-electron chi connectivity index (χ4n) is 2.37. The van der Waals surface area contributed by atoms with Crippen molar-refractivity contribution in [2.75, 3.05) is 19.6 Å². The van der Waals surface area contributed by atoms with Crippen LogP contribution in [0.2, 0.25) is 10.2 Å². The Hall–Kier alpha value is -0.350. The molecule has 2 rings (SSSR count). The molecule has 3 nitrogen and oxygen atoms in total. The first-order valence-corrected chi connectivity index (χ1v) is 7.09. The van der Waals surface area contributed by atoms with E-state index in [1.807, 2.05) is 13.0 Å². The van der Waals surface area contributed by atoms with Crippen LogP contribution >= 0.6 is 23.2 Å². The van der Waals surface area contributed by atoms with Gasteiger partial charge in [-0.2, -0.15) is 0 Å². The minimum Gasteiger partial charge on any atom is -0.330 e. The molecular formula is C13H19Cl2N3. The summed E-state index contributed by atoms with van der Waals surface area (Å²) in [5.74, 6) is 0.670. The summed E-state index contributed by atoms with van der Waals surface area (Å²) in [7, 11) is 0. The van der Waals surface area contributed by atoms with Gasteiger partial charge in [0.1, 0.15) is 5.15 Å². The predicted octanol–water partition coefficient (Wildman–Crippen LogP) is 2.87. The number of hydrogen-bond acceptors (Lipinski definition) is 3. The molecule has 0 radical (unpaired) electrons. The SMILES string of the molecule is Cc1cc(Cl)c(CN2CCC(CN)CC2)c(Cl)n1. The van der Waals surface area contributed by atoms with Crippen molar-refractivity contribution in [2.24, 2.45) is 11.7 Å². The van der Waals surface area contributed by atoms with Gasteiger partial charge in [0.25, 0.3) is 0 Å². The average Bonchev–Trinajstić information content (AvgIpc) is 2.34. The molecule has 1 aromatic rings. The van der Waals surface area contributed by atoms with Crippen LogP contribution in [0.25, 0.3) is 0 Å². The quantitative estimate of drug-likeness (QED) is 0.870. The Morgan fingerprint density at radius 3 is 2.61 bits per heavy atom. The van der Waals surface area contributed by atoms with E-state index >= 15 is 0 Å².